The summed E-state index contributed by atoms with van der Waals surface area (Å²) in [7, 11) is 0. The van der Waals surface area contributed by atoms with E-state index in [0.717, 1.165) is 32.5 Å². The van der Waals surface area contributed by atoms with Crippen LogP contribution in [0.25, 0.3) is 0 Å². The van der Waals surface area contributed by atoms with E-state index < -0.39 is 0 Å². The molecular weight excluding hydrogens is 296 g/mol. The molecule has 0 spiro atoms. The van der Waals surface area contributed by atoms with Crippen LogP contribution in [0.3, 0.4) is 0 Å². The molecule has 1 aromatic rings. The van der Waals surface area contributed by atoms with Crippen LogP contribution in [0.2, 0.25) is 0 Å². The molecule has 1 fully saturated rings. The Morgan fingerprint density at radius 2 is 1.71 bits per heavy atom. The number of nitrogens with one attached hydrogen (secondary N) is 1. The molecule has 134 valence electrons. The van der Waals surface area contributed by atoms with Crippen molar-refractivity contribution in [3.63, 3.8) is 0 Å². The molecule has 1 amide bonds. The van der Waals surface area contributed by atoms with Crippen molar-refractivity contribution in [2.24, 2.45) is 11.8 Å². The predicted octanol–water partition coefficient (Wildman–Crippen LogP) is 3.97. The summed E-state index contributed by atoms with van der Waals surface area (Å²) in [5.74, 6) is 1.76. The first kappa shape index (κ1) is 19.0. The maximum Gasteiger partial charge on any atom is 0.239 e. The van der Waals surface area contributed by atoms with E-state index in [1.54, 1.807) is 0 Å². The average molecular weight is 331 g/mol. The molecule has 0 aromatic heterocycles. The fourth-order valence-corrected chi connectivity index (χ4v) is 3.44. The summed E-state index contributed by atoms with van der Waals surface area (Å²) < 4.78 is 0. The third-order valence-electron chi connectivity index (χ3n) is 5.03. The van der Waals surface area contributed by atoms with Crippen LogP contribution in [-0.2, 0) is 4.79 Å². The molecule has 24 heavy (non-hydrogen) atoms. The Hall–Kier alpha value is -1.35. The SMILES string of the molecule is Cc1ccc(C2CCN(C(=O)C(NCC(C)C)C(C)C)CC2)cc1. The average Bonchev–Trinajstić information content (AvgIpc) is 2.55. The Morgan fingerprint density at radius 1 is 1.12 bits per heavy atom. The molecule has 3 heteroatoms. The van der Waals surface area contributed by atoms with E-state index in [9.17, 15) is 4.79 Å². The normalized spacial score (nSPS) is 17.5. The predicted molar refractivity (Wildman–Crippen MR) is 101 cm³/mol. The molecule has 1 N–H and O–H groups in total. The number of carbonyl (C=O) groups excluding carboxylic acids is 1. The van der Waals surface area contributed by atoms with Crippen molar-refractivity contribution in [2.75, 3.05) is 19.6 Å². The van der Waals surface area contributed by atoms with Crippen molar-refractivity contribution in [1.29, 1.82) is 0 Å². The van der Waals surface area contributed by atoms with Crippen LogP contribution >= 0.6 is 0 Å². The Kier molecular flexibility index (Phi) is 6.85. The monoisotopic (exact) mass is 330 g/mol. The van der Waals surface area contributed by atoms with Crippen LogP contribution in [0.1, 0.15) is 57.6 Å². The minimum absolute atomic E-state index is 0.0525. The first-order valence-corrected chi connectivity index (χ1v) is 9.47. The number of hydrogen-bond acceptors (Lipinski definition) is 2. The van der Waals surface area contributed by atoms with Crippen molar-refractivity contribution in [1.82, 2.24) is 10.2 Å². The quantitative estimate of drug-likeness (QED) is 0.856. The standard InChI is InChI=1S/C21H34N2O/c1-15(2)14-22-20(16(3)4)21(24)23-12-10-19(11-13-23)18-8-6-17(5)7-9-18/h6-9,15-16,19-20,22H,10-14H2,1-5H3. The van der Waals surface area contributed by atoms with Crippen LogP contribution in [0, 0.1) is 18.8 Å². The zero-order valence-corrected chi connectivity index (χ0v) is 16.0. The van der Waals surface area contributed by atoms with Gasteiger partial charge < -0.3 is 10.2 Å². The molecule has 0 saturated carbocycles. The minimum atomic E-state index is -0.0525. The molecule has 1 aromatic carbocycles. The second-order valence-corrected chi connectivity index (χ2v) is 8.03. The molecule has 3 nitrogen and oxygen atoms in total. The van der Waals surface area contributed by atoms with Crippen LogP contribution < -0.4 is 5.32 Å². The first-order valence-electron chi connectivity index (χ1n) is 9.47. The van der Waals surface area contributed by atoms with E-state index in [2.05, 4.69) is 69.1 Å². The summed E-state index contributed by atoms with van der Waals surface area (Å²) in [5.41, 5.74) is 2.73. The number of likely N-dealkylation sites (tertiary alicyclic amines) is 1. The summed E-state index contributed by atoms with van der Waals surface area (Å²) in [6, 6.07) is 8.83. The van der Waals surface area contributed by atoms with Gasteiger partial charge in [-0.25, -0.2) is 0 Å². The van der Waals surface area contributed by atoms with Gasteiger partial charge in [0.2, 0.25) is 5.91 Å². The van der Waals surface area contributed by atoms with Crippen molar-refractivity contribution in [3.05, 3.63) is 35.4 Å². The Balaban J connectivity index is 1.92. The van der Waals surface area contributed by atoms with Crippen molar-refractivity contribution in [2.45, 2.75) is 59.4 Å². The number of benzene rings is 1. The highest BCUT2D eigenvalue weighted by atomic mass is 16.2. The van der Waals surface area contributed by atoms with Gasteiger partial charge in [0, 0.05) is 13.1 Å². The number of amides is 1. The second-order valence-electron chi connectivity index (χ2n) is 8.03. The third-order valence-corrected chi connectivity index (χ3v) is 5.03. The van der Waals surface area contributed by atoms with Crippen LogP contribution in [0.15, 0.2) is 24.3 Å². The van der Waals surface area contributed by atoms with E-state index in [1.807, 2.05) is 0 Å². The Labute approximate surface area is 147 Å². The number of aryl methyl sites for hydroxylation is 1. The van der Waals surface area contributed by atoms with Gasteiger partial charge >= 0.3 is 0 Å². The summed E-state index contributed by atoms with van der Waals surface area (Å²) >= 11 is 0. The molecule has 2 rings (SSSR count). The van der Waals surface area contributed by atoms with E-state index in [4.69, 9.17) is 0 Å². The lowest BCUT2D eigenvalue weighted by Crippen LogP contribution is -2.52. The molecular formula is C21H34N2O. The molecule has 0 aliphatic carbocycles. The lowest BCUT2D eigenvalue weighted by molar-refractivity contribution is -0.135. The molecule has 1 unspecified atom stereocenters. The highest BCUT2D eigenvalue weighted by molar-refractivity contribution is 5.82. The summed E-state index contributed by atoms with van der Waals surface area (Å²) in [6.07, 6.45) is 2.15. The molecule has 1 aliphatic rings. The van der Waals surface area contributed by atoms with Gasteiger partial charge in [-0.3, -0.25) is 4.79 Å². The van der Waals surface area contributed by atoms with Gasteiger partial charge in [-0.15, -0.1) is 0 Å². The highest BCUT2D eigenvalue weighted by Crippen LogP contribution is 2.28. The van der Waals surface area contributed by atoms with Gasteiger partial charge in [0.1, 0.15) is 0 Å². The van der Waals surface area contributed by atoms with Gasteiger partial charge in [-0.1, -0.05) is 57.5 Å². The lowest BCUT2D eigenvalue weighted by Gasteiger charge is -2.36. The van der Waals surface area contributed by atoms with Crippen molar-refractivity contribution in [3.8, 4) is 0 Å². The maximum atomic E-state index is 12.9. The second kappa shape index (κ2) is 8.66. The summed E-state index contributed by atoms with van der Waals surface area (Å²) in [6.45, 7) is 13.4. The molecule has 1 atom stereocenters. The molecule has 1 heterocycles. The lowest BCUT2D eigenvalue weighted by atomic mass is 9.88. The molecule has 0 radical (unpaired) electrons. The molecule has 0 bridgehead atoms. The maximum absolute atomic E-state index is 12.9. The summed E-state index contributed by atoms with van der Waals surface area (Å²) in [5, 5.41) is 3.47. The zero-order chi connectivity index (χ0) is 17.7. The van der Waals surface area contributed by atoms with E-state index >= 15 is 0 Å². The Morgan fingerprint density at radius 3 is 2.21 bits per heavy atom. The van der Waals surface area contributed by atoms with Crippen LogP contribution in [-0.4, -0.2) is 36.5 Å². The largest absolute Gasteiger partial charge is 0.341 e. The van der Waals surface area contributed by atoms with Gasteiger partial charge in [-0.2, -0.15) is 0 Å². The third kappa shape index (κ3) is 5.07. The van der Waals surface area contributed by atoms with Gasteiger partial charge in [-0.05, 0) is 49.6 Å². The number of carbonyl (C=O) groups is 1. The molecule has 1 aliphatic heterocycles. The van der Waals surface area contributed by atoms with Gasteiger partial charge in [0.25, 0.3) is 0 Å². The number of piperidine rings is 1. The number of rotatable bonds is 6. The van der Waals surface area contributed by atoms with Crippen LogP contribution in [0.4, 0.5) is 0 Å². The minimum Gasteiger partial charge on any atom is -0.341 e. The van der Waals surface area contributed by atoms with Crippen molar-refractivity contribution >= 4 is 5.91 Å². The fraction of sp³-hybridized carbons (Fsp3) is 0.667. The molecule has 1 saturated heterocycles. The topological polar surface area (TPSA) is 32.3 Å². The van der Waals surface area contributed by atoms with E-state index in [1.165, 1.54) is 11.1 Å². The van der Waals surface area contributed by atoms with Crippen LogP contribution in [0.5, 0.6) is 0 Å². The smallest absolute Gasteiger partial charge is 0.239 e. The van der Waals surface area contributed by atoms with E-state index in [0.29, 0.717) is 17.8 Å². The van der Waals surface area contributed by atoms with E-state index in [-0.39, 0.29) is 11.9 Å². The van der Waals surface area contributed by atoms with Gasteiger partial charge in [0.15, 0.2) is 0 Å². The Bertz CT molecular complexity index is 513. The number of nitrogens with zero attached hydrogens (tertiary/aromatic N) is 1. The summed E-state index contributed by atoms with van der Waals surface area (Å²) in [4.78, 5) is 15.0. The highest BCUT2D eigenvalue weighted by Gasteiger charge is 2.30. The number of hydrogen-bond donors (Lipinski definition) is 1. The first-order chi connectivity index (χ1) is 11.4. The fourth-order valence-electron chi connectivity index (χ4n) is 3.44. The van der Waals surface area contributed by atoms with Gasteiger partial charge in [0.05, 0.1) is 6.04 Å². The zero-order valence-electron chi connectivity index (χ0n) is 16.0. The van der Waals surface area contributed by atoms with Crippen molar-refractivity contribution < 1.29 is 4.79 Å².